The van der Waals surface area contributed by atoms with Crippen molar-refractivity contribution >= 4 is 27.0 Å². The lowest BCUT2D eigenvalue weighted by atomic mass is 10.0. The van der Waals surface area contributed by atoms with E-state index in [2.05, 4.69) is 6.07 Å². The normalized spacial score (nSPS) is 17.9. The number of aryl methyl sites for hydroxylation is 2. The molecule has 1 fully saturated rings. The summed E-state index contributed by atoms with van der Waals surface area (Å²) in [6, 6.07) is 12.7. The van der Waals surface area contributed by atoms with Gasteiger partial charge in [0.2, 0.25) is 15.8 Å². The predicted octanol–water partition coefficient (Wildman–Crippen LogP) is 5.53. The van der Waals surface area contributed by atoms with Crippen LogP contribution in [0.3, 0.4) is 0 Å². The van der Waals surface area contributed by atoms with Gasteiger partial charge >= 0.3 is 5.97 Å². The van der Waals surface area contributed by atoms with E-state index in [0.717, 1.165) is 36.8 Å². The summed E-state index contributed by atoms with van der Waals surface area (Å²) in [5.74, 6) is -0.429. The number of esters is 1. The van der Waals surface area contributed by atoms with Crippen LogP contribution in [0.15, 0.2) is 51.8 Å². The fourth-order valence-electron chi connectivity index (χ4n) is 4.47. The van der Waals surface area contributed by atoms with Crippen molar-refractivity contribution in [2.45, 2.75) is 57.4 Å². The highest BCUT2D eigenvalue weighted by Crippen LogP contribution is 2.36. The van der Waals surface area contributed by atoms with E-state index in [0.29, 0.717) is 23.1 Å². The molecule has 0 radical (unpaired) electrons. The van der Waals surface area contributed by atoms with Gasteiger partial charge < -0.3 is 9.15 Å². The highest BCUT2D eigenvalue weighted by molar-refractivity contribution is 7.89. The van der Waals surface area contributed by atoms with E-state index in [1.807, 2.05) is 25.1 Å². The van der Waals surface area contributed by atoms with Gasteiger partial charge in [-0.15, -0.1) is 0 Å². The van der Waals surface area contributed by atoms with Crippen molar-refractivity contribution in [2.24, 2.45) is 0 Å². The van der Waals surface area contributed by atoms with Gasteiger partial charge in [0.15, 0.2) is 0 Å². The zero-order valence-electron chi connectivity index (χ0n) is 18.8. The minimum absolute atomic E-state index is 0.115. The predicted molar refractivity (Wildman–Crippen MR) is 123 cm³/mol. The second-order valence-electron chi connectivity index (χ2n) is 8.33. The molecule has 0 saturated carbocycles. The molecule has 1 aliphatic heterocycles. The third-order valence-corrected chi connectivity index (χ3v) is 8.01. The van der Waals surface area contributed by atoms with Gasteiger partial charge in [-0.2, -0.15) is 4.31 Å². The number of hydrogen-bond donors (Lipinski definition) is 0. The average Bonchev–Trinajstić information content (AvgIpc) is 2.94. The quantitative estimate of drug-likeness (QED) is 0.473. The first-order chi connectivity index (χ1) is 15.3. The third kappa shape index (κ3) is 4.19. The van der Waals surface area contributed by atoms with Crippen LogP contribution >= 0.6 is 0 Å². The Kier molecular flexibility index (Phi) is 6.40. The molecule has 32 heavy (non-hydrogen) atoms. The summed E-state index contributed by atoms with van der Waals surface area (Å²) in [6.45, 7) is 6.22. The molecule has 0 N–H and O–H groups in total. The average molecular weight is 456 g/mol. The van der Waals surface area contributed by atoms with Crippen LogP contribution in [0.1, 0.15) is 65.9 Å². The molecule has 0 unspecified atom stereocenters. The lowest BCUT2D eigenvalue weighted by molar-refractivity contribution is 0.0491. The Bertz CT molecular complexity index is 1240. The molecule has 1 aliphatic rings. The van der Waals surface area contributed by atoms with Gasteiger partial charge in [0.1, 0.15) is 5.58 Å². The molecular formula is C25H29NO5S. The van der Waals surface area contributed by atoms with Gasteiger partial charge in [-0.05, 0) is 57.4 Å². The molecule has 1 saturated heterocycles. The van der Waals surface area contributed by atoms with Crippen molar-refractivity contribution in [3.05, 3.63) is 64.9 Å². The Morgan fingerprint density at radius 3 is 2.69 bits per heavy atom. The van der Waals surface area contributed by atoms with Gasteiger partial charge in [-0.1, -0.05) is 42.7 Å². The van der Waals surface area contributed by atoms with E-state index in [1.54, 1.807) is 36.4 Å². The Morgan fingerprint density at radius 1 is 1.12 bits per heavy atom. The molecule has 0 bridgehead atoms. The number of carbonyl (C=O) groups is 1. The van der Waals surface area contributed by atoms with E-state index in [-0.39, 0.29) is 23.3 Å². The summed E-state index contributed by atoms with van der Waals surface area (Å²) >= 11 is 0. The topological polar surface area (TPSA) is 76.8 Å². The Balaban J connectivity index is 1.76. The number of rotatable bonds is 5. The lowest BCUT2D eigenvalue weighted by Crippen LogP contribution is -2.34. The first-order valence-corrected chi connectivity index (χ1v) is 12.6. The molecule has 3 aromatic rings. The maximum atomic E-state index is 13.8. The molecule has 2 aromatic carbocycles. The molecule has 170 valence electrons. The second kappa shape index (κ2) is 9.08. The molecule has 0 aliphatic carbocycles. The number of nitrogens with zero attached hydrogens (tertiary/aromatic N) is 1. The first-order valence-electron chi connectivity index (χ1n) is 11.1. The van der Waals surface area contributed by atoms with Gasteiger partial charge in [0.05, 0.1) is 17.5 Å². The largest absolute Gasteiger partial charge is 0.460 e. The molecule has 0 amide bonds. The van der Waals surface area contributed by atoms with Crippen LogP contribution in [0, 0.1) is 13.8 Å². The minimum atomic E-state index is -3.75. The summed E-state index contributed by atoms with van der Waals surface area (Å²) in [6.07, 6.45) is 3.63. The summed E-state index contributed by atoms with van der Waals surface area (Å²) in [5, 5.41) is 0.607. The van der Waals surface area contributed by atoms with Crippen LogP contribution in [0.2, 0.25) is 0 Å². The zero-order valence-corrected chi connectivity index (χ0v) is 19.6. The smallest absolute Gasteiger partial charge is 0.374 e. The summed E-state index contributed by atoms with van der Waals surface area (Å²) in [4.78, 5) is 12.4. The number of ether oxygens (including phenoxy) is 1. The summed E-state index contributed by atoms with van der Waals surface area (Å²) in [5.41, 5.74) is 3.20. The summed E-state index contributed by atoms with van der Waals surface area (Å²) in [7, 11) is -3.75. The highest BCUT2D eigenvalue weighted by atomic mass is 32.2. The molecule has 1 aromatic heterocycles. The molecule has 4 rings (SSSR count). The van der Waals surface area contributed by atoms with Crippen molar-refractivity contribution < 1.29 is 22.4 Å². The molecule has 1 atom stereocenters. The maximum absolute atomic E-state index is 13.8. The van der Waals surface area contributed by atoms with Crippen LogP contribution in [-0.2, 0) is 14.8 Å². The molecule has 0 spiro atoms. The van der Waals surface area contributed by atoms with Crippen molar-refractivity contribution in [2.75, 3.05) is 13.2 Å². The van der Waals surface area contributed by atoms with Crippen LogP contribution in [0.4, 0.5) is 0 Å². The Morgan fingerprint density at radius 2 is 1.94 bits per heavy atom. The van der Waals surface area contributed by atoms with Crippen molar-refractivity contribution in [3.8, 4) is 0 Å². The molecule has 7 heteroatoms. The number of carbonyl (C=O) groups excluding carboxylic acids is 1. The number of furan rings is 1. The Hall–Kier alpha value is -2.64. The molecular weight excluding hydrogens is 426 g/mol. The molecule has 2 heterocycles. The van der Waals surface area contributed by atoms with Crippen molar-refractivity contribution in [3.63, 3.8) is 0 Å². The fraction of sp³-hybridized carbons (Fsp3) is 0.400. The number of benzene rings is 2. The van der Waals surface area contributed by atoms with Gasteiger partial charge in [-0.25, -0.2) is 13.2 Å². The van der Waals surface area contributed by atoms with E-state index in [4.69, 9.17) is 9.15 Å². The minimum Gasteiger partial charge on any atom is -0.460 e. The van der Waals surface area contributed by atoms with E-state index in [1.165, 1.54) is 0 Å². The van der Waals surface area contributed by atoms with Crippen LogP contribution in [0.5, 0.6) is 0 Å². The SMILES string of the molecule is CCOC(=O)c1oc2ccc(S(=O)(=O)N3CCCCC[C@H]3c3cccc(C)c3)cc2c1C. The van der Waals surface area contributed by atoms with Crippen molar-refractivity contribution in [1.29, 1.82) is 0 Å². The highest BCUT2D eigenvalue weighted by Gasteiger charge is 2.34. The fourth-order valence-corrected chi connectivity index (χ4v) is 6.18. The summed E-state index contributed by atoms with van der Waals surface area (Å²) < 4.78 is 40.0. The lowest BCUT2D eigenvalue weighted by Gasteiger charge is -2.30. The maximum Gasteiger partial charge on any atom is 0.374 e. The van der Waals surface area contributed by atoms with Crippen LogP contribution in [-0.4, -0.2) is 31.8 Å². The van der Waals surface area contributed by atoms with E-state index < -0.39 is 16.0 Å². The Labute approximate surface area is 189 Å². The van der Waals surface area contributed by atoms with Gasteiger partial charge in [0, 0.05) is 17.5 Å². The van der Waals surface area contributed by atoms with Crippen LogP contribution < -0.4 is 0 Å². The number of hydrogen-bond acceptors (Lipinski definition) is 5. The number of fused-ring (bicyclic) bond motifs is 1. The zero-order chi connectivity index (χ0) is 22.9. The monoisotopic (exact) mass is 455 g/mol. The van der Waals surface area contributed by atoms with Crippen molar-refractivity contribution in [1.82, 2.24) is 4.31 Å². The number of sulfonamides is 1. The van der Waals surface area contributed by atoms with Crippen LogP contribution in [0.25, 0.3) is 11.0 Å². The van der Waals surface area contributed by atoms with Gasteiger partial charge in [-0.3, -0.25) is 0 Å². The standard InChI is InChI=1S/C25H29NO5S/c1-4-30-25(27)24-18(3)21-16-20(12-13-23(21)31-24)32(28,29)26-14-7-5-6-11-22(26)19-10-8-9-17(2)15-19/h8-10,12-13,15-16,22H,4-7,11,14H2,1-3H3/t22-/m0/s1. The third-order valence-electron chi connectivity index (χ3n) is 6.11. The van der Waals surface area contributed by atoms with E-state index in [9.17, 15) is 13.2 Å². The second-order valence-corrected chi connectivity index (χ2v) is 10.2. The first kappa shape index (κ1) is 22.6. The van der Waals surface area contributed by atoms with E-state index >= 15 is 0 Å². The molecule has 6 nitrogen and oxygen atoms in total. The van der Waals surface area contributed by atoms with Gasteiger partial charge in [0.25, 0.3) is 0 Å².